The Bertz CT molecular complexity index is 380. The van der Waals surface area contributed by atoms with Gasteiger partial charge in [-0.2, -0.15) is 0 Å². The van der Waals surface area contributed by atoms with E-state index in [0.717, 1.165) is 23.1 Å². The van der Waals surface area contributed by atoms with E-state index in [-0.39, 0.29) is 0 Å². The van der Waals surface area contributed by atoms with E-state index in [2.05, 4.69) is 27.8 Å². The summed E-state index contributed by atoms with van der Waals surface area (Å²) in [5, 5.41) is 6.99. The summed E-state index contributed by atoms with van der Waals surface area (Å²) < 4.78 is 0. The lowest BCUT2D eigenvalue weighted by Crippen LogP contribution is -2.02. The van der Waals surface area contributed by atoms with E-state index in [1.165, 1.54) is 16.2 Å². The first-order chi connectivity index (χ1) is 6.84. The number of nitrogens with zero attached hydrogens (tertiary/aromatic N) is 1. The SMILES string of the molecule is Nc1cnc(NCCc2cccs2)s1. The number of aromatic nitrogens is 1. The second kappa shape index (κ2) is 4.43. The highest BCUT2D eigenvalue weighted by atomic mass is 32.1. The molecule has 0 aliphatic rings. The van der Waals surface area contributed by atoms with Crippen molar-refractivity contribution >= 4 is 32.8 Å². The summed E-state index contributed by atoms with van der Waals surface area (Å²) in [6.07, 6.45) is 2.72. The van der Waals surface area contributed by atoms with Crippen molar-refractivity contribution in [2.75, 3.05) is 17.6 Å². The van der Waals surface area contributed by atoms with Crippen molar-refractivity contribution in [1.82, 2.24) is 4.98 Å². The van der Waals surface area contributed by atoms with Crippen molar-refractivity contribution < 1.29 is 0 Å². The summed E-state index contributed by atoms with van der Waals surface area (Å²) in [7, 11) is 0. The molecule has 14 heavy (non-hydrogen) atoms. The number of thiazole rings is 1. The lowest BCUT2D eigenvalue weighted by atomic mass is 10.3. The molecule has 3 N–H and O–H groups in total. The molecule has 0 atom stereocenters. The Morgan fingerprint density at radius 1 is 1.50 bits per heavy atom. The molecule has 0 aliphatic carbocycles. The number of rotatable bonds is 4. The smallest absolute Gasteiger partial charge is 0.184 e. The third-order valence-corrected chi connectivity index (χ3v) is 3.47. The first kappa shape index (κ1) is 9.48. The molecule has 2 aromatic heterocycles. The van der Waals surface area contributed by atoms with Crippen LogP contribution in [0.3, 0.4) is 0 Å². The summed E-state index contributed by atoms with van der Waals surface area (Å²) in [5.41, 5.74) is 5.56. The van der Waals surface area contributed by atoms with E-state index in [1.807, 2.05) is 0 Å². The average molecular weight is 225 g/mol. The molecule has 0 amide bonds. The van der Waals surface area contributed by atoms with Crippen LogP contribution < -0.4 is 11.1 Å². The van der Waals surface area contributed by atoms with Crippen LogP contribution in [-0.2, 0) is 6.42 Å². The molecule has 2 heterocycles. The van der Waals surface area contributed by atoms with Gasteiger partial charge in [0.2, 0.25) is 0 Å². The molecule has 0 saturated heterocycles. The molecule has 2 rings (SSSR count). The minimum Gasteiger partial charge on any atom is -0.389 e. The van der Waals surface area contributed by atoms with Crippen LogP contribution in [0.15, 0.2) is 23.7 Å². The molecule has 2 aromatic rings. The Morgan fingerprint density at radius 2 is 2.43 bits per heavy atom. The minimum atomic E-state index is 0.753. The second-order valence-electron chi connectivity index (χ2n) is 2.82. The van der Waals surface area contributed by atoms with Gasteiger partial charge in [0.15, 0.2) is 5.13 Å². The summed E-state index contributed by atoms with van der Waals surface area (Å²) >= 11 is 3.27. The van der Waals surface area contributed by atoms with Crippen LogP contribution in [0, 0.1) is 0 Å². The fourth-order valence-electron chi connectivity index (χ4n) is 1.12. The number of hydrogen-bond acceptors (Lipinski definition) is 5. The monoisotopic (exact) mass is 225 g/mol. The number of anilines is 2. The van der Waals surface area contributed by atoms with Crippen LogP contribution in [0.2, 0.25) is 0 Å². The van der Waals surface area contributed by atoms with Crippen molar-refractivity contribution in [3.05, 3.63) is 28.6 Å². The van der Waals surface area contributed by atoms with Gasteiger partial charge < -0.3 is 11.1 Å². The average Bonchev–Trinajstić information content (AvgIpc) is 2.77. The largest absolute Gasteiger partial charge is 0.389 e. The third-order valence-electron chi connectivity index (χ3n) is 1.75. The molecule has 0 radical (unpaired) electrons. The third kappa shape index (κ3) is 2.46. The van der Waals surface area contributed by atoms with Gasteiger partial charge in [-0.15, -0.1) is 11.3 Å². The van der Waals surface area contributed by atoms with Crippen LogP contribution in [0.4, 0.5) is 10.1 Å². The van der Waals surface area contributed by atoms with E-state index in [4.69, 9.17) is 5.73 Å². The van der Waals surface area contributed by atoms with Crippen LogP contribution >= 0.6 is 22.7 Å². The number of nitrogens with two attached hydrogens (primary N) is 1. The quantitative estimate of drug-likeness (QED) is 0.840. The number of hydrogen-bond donors (Lipinski definition) is 2. The predicted molar refractivity (Wildman–Crippen MR) is 63.0 cm³/mol. The van der Waals surface area contributed by atoms with Gasteiger partial charge in [-0.3, -0.25) is 0 Å². The Balaban J connectivity index is 1.78. The van der Waals surface area contributed by atoms with Gasteiger partial charge in [-0.1, -0.05) is 17.4 Å². The zero-order valence-corrected chi connectivity index (χ0v) is 9.20. The van der Waals surface area contributed by atoms with Crippen molar-refractivity contribution in [3.63, 3.8) is 0 Å². The Morgan fingerprint density at radius 3 is 3.07 bits per heavy atom. The number of nitrogen functional groups attached to an aromatic ring is 1. The van der Waals surface area contributed by atoms with Gasteiger partial charge in [-0.25, -0.2) is 4.98 Å². The highest BCUT2D eigenvalue weighted by molar-refractivity contribution is 7.19. The van der Waals surface area contributed by atoms with Gasteiger partial charge >= 0.3 is 0 Å². The van der Waals surface area contributed by atoms with E-state index < -0.39 is 0 Å². The Kier molecular flexibility index (Phi) is 3.00. The van der Waals surface area contributed by atoms with E-state index >= 15 is 0 Å². The summed E-state index contributed by atoms with van der Waals surface area (Å²) in [6.45, 7) is 0.910. The van der Waals surface area contributed by atoms with Crippen molar-refractivity contribution in [2.24, 2.45) is 0 Å². The molecule has 0 saturated carbocycles. The molecular formula is C9H11N3S2. The van der Waals surface area contributed by atoms with Crippen molar-refractivity contribution in [2.45, 2.75) is 6.42 Å². The molecule has 0 aromatic carbocycles. The molecule has 3 nitrogen and oxygen atoms in total. The first-order valence-electron chi connectivity index (χ1n) is 4.32. The molecule has 0 spiro atoms. The fraction of sp³-hybridized carbons (Fsp3) is 0.222. The van der Waals surface area contributed by atoms with Crippen LogP contribution in [0.5, 0.6) is 0 Å². The second-order valence-corrected chi connectivity index (χ2v) is 4.92. The number of thiophene rings is 1. The van der Waals surface area contributed by atoms with Crippen molar-refractivity contribution in [3.8, 4) is 0 Å². The summed E-state index contributed by atoms with van der Waals surface area (Å²) in [6, 6.07) is 4.21. The number of nitrogens with one attached hydrogen (secondary N) is 1. The maximum atomic E-state index is 5.56. The van der Waals surface area contributed by atoms with Crippen LogP contribution in [-0.4, -0.2) is 11.5 Å². The van der Waals surface area contributed by atoms with Gasteiger partial charge in [0.1, 0.15) is 5.00 Å². The molecule has 74 valence electrons. The van der Waals surface area contributed by atoms with E-state index in [0.29, 0.717) is 0 Å². The van der Waals surface area contributed by atoms with Gasteiger partial charge in [0.05, 0.1) is 6.20 Å². The fourth-order valence-corrected chi connectivity index (χ4v) is 2.43. The van der Waals surface area contributed by atoms with Crippen LogP contribution in [0.1, 0.15) is 4.88 Å². The molecule has 0 fully saturated rings. The Labute approximate surface area is 90.6 Å². The molecular weight excluding hydrogens is 214 g/mol. The van der Waals surface area contributed by atoms with E-state index in [9.17, 15) is 0 Å². The lowest BCUT2D eigenvalue weighted by molar-refractivity contribution is 1.04. The molecule has 0 unspecified atom stereocenters. The topological polar surface area (TPSA) is 50.9 Å². The van der Waals surface area contributed by atoms with Gasteiger partial charge in [0.25, 0.3) is 0 Å². The maximum Gasteiger partial charge on any atom is 0.184 e. The predicted octanol–water partition coefficient (Wildman–Crippen LogP) is 2.44. The summed E-state index contributed by atoms with van der Waals surface area (Å²) in [4.78, 5) is 5.51. The standard InChI is InChI=1S/C9H11N3S2/c10-8-6-12-9(14-8)11-4-3-7-2-1-5-13-7/h1-2,5-6H,3-4,10H2,(H,11,12). The zero-order chi connectivity index (χ0) is 9.80. The van der Waals surface area contributed by atoms with Gasteiger partial charge in [0, 0.05) is 11.4 Å². The maximum absolute atomic E-state index is 5.56. The normalized spacial score (nSPS) is 10.3. The minimum absolute atomic E-state index is 0.753. The molecule has 0 bridgehead atoms. The Hall–Kier alpha value is -1.07. The zero-order valence-electron chi connectivity index (χ0n) is 7.56. The van der Waals surface area contributed by atoms with Crippen molar-refractivity contribution in [1.29, 1.82) is 0 Å². The summed E-state index contributed by atoms with van der Waals surface area (Å²) in [5.74, 6) is 0. The first-order valence-corrected chi connectivity index (χ1v) is 6.02. The highest BCUT2D eigenvalue weighted by Crippen LogP contribution is 2.19. The lowest BCUT2D eigenvalue weighted by Gasteiger charge is -1.99. The van der Waals surface area contributed by atoms with Gasteiger partial charge in [-0.05, 0) is 17.9 Å². The van der Waals surface area contributed by atoms with E-state index in [1.54, 1.807) is 17.5 Å². The van der Waals surface area contributed by atoms with Crippen LogP contribution in [0.25, 0.3) is 0 Å². The molecule has 5 heteroatoms. The highest BCUT2D eigenvalue weighted by Gasteiger charge is 1.98. The molecule has 0 aliphatic heterocycles.